The predicted molar refractivity (Wildman–Crippen MR) is 110 cm³/mol. The summed E-state index contributed by atoms with van der Waals surface area (Å²) in [5.41, 5.74) is 2.43. The Kier molecular flexibility index (Phi) is 4.62. The van der Waals surface area contributed by atoms with Crippen molar-refractivity contribution in [3.8, 4) is 5.75 Å². The molecule has 1 atom stereocenters. The number of fused-ring (bicyclic) bond motifs is 1. The summed E-state index contributed by atoms with van der Waals surface area (Å²) >= 11 is 0. The number of carbonyl (C=O) groups excluding carboxylic acids is 2. The lowest BCUT2D eigenvalue weighted by Gasteiger charge is -2.39. The van der Waals surface area contributed by atoms with E-state index in [2.05, 4.69) is 5.32 Å². The van der Waals surface area contributed by atoms with E-state index >= 15 is 0 Å². The lowest BCUT2D eigenvalue weighted by atomic mass is 10.0. The van der Waals surface area contributed by atoms with E-state index in [0.29, 0.717) is 11.3 Å². The molecule has 0 aromatic heterocycles. The Labute approximate surface area is 170 Å². The summed E-state index contributed by atoms with van der Waals surface area (Å²) in [4.78, 5) is 29.4. The van der Waals surface area contributed by atoms with E-state index in [4.69, 9.17) is 4.74 Å². The highest BCUT2D eigenvalue weighted by molar-refractivity contribution is 6.02. The van der Waals surface area contributed by atoms with Gasteiger partial charge in [-0.15, -0.1) is 0 Å². The summed E-state index contributed by atoms with van der Waals surface area (Å²) < 4.78 is 5.97. The van der Waals surface area contributed by atoms with Crippen molar-refractivity contribution < 1.29 is 14.3 Å². The SMILES string of the molecule is O=C(COc1ccccc1[C@@H]1Nc2ccccc2C(=O)N1C1CC1)N1CCCC1. The number of likely N-dealkylation sites (tertiary alicyclic amines) is 1. The van der Waals surface area contributed by atoms with Crippen molar-refractivity contribution in [1.82, 2.24) is 9.80 Å². The molecule has 0 radical (unpaired) electrons. The molecular formula is C23H25N3O3. The third-order valence-corrected chi connectivity index (χ3v) is 5.93. The minimum absolute atomic E-state index is 0.0226. The van der Waals surface area contributed by atoms with E-state index in [1.54, 1.807) is 0 Å². The van der Waals surface area contributed by atoms with Gasteiger partial charge in [-0.3, -0.25) is 9.59 Å². The first kappa shape index (κ1) is 18.0. The number of nitrogens with zero attached hydrogens (tertiary/aromatic N) is 2. The molecule has 0 bridgehead atoms. The van der Waals surface area contributed by atoms with Crippen molar-refractivity contribution >= 4 is 17.5 Å². The van der Waals surface area contributed by atoms with Crippen LogP contribution in [0, 0.1) is 0 Å². The Balaban J connectivity index is 1.42. The van der Waals surface area contributed by atoms with Gasteiger partial charge in [-0.1, -0.05) is 30.3 Å². The number of rotatable bonds is 5. The number of hydrogen-bond donors (Lipinski definition) is 1. The van der Waals surface area contributed by atoms with Gasteiger partial charge in [0.1, 0.15) is 11.9 Å². The molecule has 6 heteroatoms. The normalized spacial score (nSPS) is 21.0. The molecule has 2 aromatic carbocycles. The molecular weight excluding hydrogens is 366 g/mol. The Bertz CT molecular complexity index is 934. The van der Waals surface area contributed by atoms with E-state index in [1.165, 1.54) is 0 Å². The largest absolute Gasteiger partial charge is 0.483 e. The fraction of sp³-hybridized carbons (Fsp3) is 0.391. The number of anilines is 1. The van der Waals surface area contributed by atoms with Crippen molar-refractivity contribution in [3.05, 3.63) is 59.7 Å². The van der Waals surface area contributed by atoms with Crippen LogP contribution in [0.25, 0.3) is 0 Å². The Hall–Kier alpha value is -3.02. The molecule has 1 N–H and O–H groups in total. The molecule has 0 unspecified atom stereocenters. The minimum Gasteiger partial charge on any atom is -0.483 e. The Morgan fingerprint density at radius 3 is 2.55 bits per heavy atom. The highest BCUT2D eigenvalue weighted by atomic mass is 16.5. The van der Waals surface area contributed by atoms with E-state index in [-0.39, 0.29) is 30.6 Å². The van der Waals surface area contributed by atoms with Crippen LogP contribution in [0.3, 0.4) is 0 Å². The summed E-state index contributed by atoms with van der Waals surface area (Å²) in [6.07, 6.45) is 3.85. The molecule has 2 heterocycles. The summed E-state index contributed by atoms with van der Waals surface area (Å²) in [6, 6.07) is 15.6. The zero-order valence-electron chi connectivity index (χ0n) is 16.3. The lowest BCUT2D eigenvalue weighted by molar-refractivity contribution is -0.132. The molecule has 0 spiro atoms. The molecule has 1 saturated heterocycles. The average molecular weight is 391 g/mol. The van der Waals surface area contributed by atoms with E-state index in [9.17, 15) is 9.59 Å². The van der Waals surface area contributed by atoms with E-state index < -0.39 is 0 Å². The van der Waals surface area contributed by atoms with Crippen molar-refractivity contribution in [2.75, 3.05) is 25.0 Å². The number of benzene rings is 2. The van der Waals surface area contributed by atoms with E-state index in [0.717, 1.165) is 50.0 Å². The molecule has 29 heavy (non-hydrogen) atoms. The van der Waals surface area contributed by atoms with Crippen LogP contribution in [0.15, 0.2) is 48.5 Å². The zero-order valence-corrected chi connectivity index (χ0v) is 16.3. The number of hydrogen-bond acceptors (Lipinski definition) is 4. The molecule has 2 fully saturated rings. The smallest absolute Gasteiger partial charge is 0.260 e. The van der Waals surface area contributed by atoms with Gasteiger partial charge in [0.2, 0.25) is 0 Å². The van der Waals surface area contributed by atoms with Gasteiger partial charge in [0.05, 0.1) is 5.56 Å². The molecule has 2 aromatic rings. The van der Waals surface area contributed by atoms with Crippen molar-refractivity contribution in [3.63, 3.8) is 0 Å². The number of ether oxygens (including phenoxy) is 1. The molecule has 5 rings (SSSR count). The summed E-state index contributed by atoms with van der Waals surface area (Å²) in [5.74, 6) is 0.722. The van der Waals surface area contributed by atoms with Crippen LogP contribution < -0.4 is 10.1 Å². The van der Waals surface area contributed by atoms with Crippen molar-refractivity contribution in [2.24, 2.45) is 0 Å². The summed E-state index contributed by atoms with van der Waals surface area (Å²) in [5, 5.41) is 3.53. The second-order valence-electron chi connectivity index (χ2n) is 7.95. The predicted octanol–water partition coefficient (Wildman–Crippen LogP) is 3.42. The van der Waals surface area contributed by atoms with Crippen LogP contribution in [0.4, 0.5) is 5.69 Å². The van der Waals surface area contributed by atoms with Gasteiger partial charge in [-0.05, 0) is 43.9 Å². The average Bonchev–Trinajstić information content (AvgIpc) is 3.43. The van der Waals surface area contributed by atoms with Crippen LogP contribution in [-0.2, 0) is 4.79 Å². The van der Waals surface area contributed by atoms with Gasteiger partial charge < -0.3 is 19.9 Å². The van der Waals surface area contributed by atoms with Crippen LogP contribution in [0.1, 0.15) is 47.8 Å². The quantitative estimate of drug-likeness (QED) is 0.848. The van der Waals surface area contributed by atoms with Crippen LogP contribution >= 0.6 is 0 Å². The lowest BCUT2D eigenvalue weighted by Crippen LogP contribution is -2.44. The van der Waals surface area contributed by atoms with E-state index in [1.807, 2.05) is 58.3 Å². The molecule has 150 valence electrons. The fourth-order valence-electron chi connectivity index (χ4n) is 4.26. The monoisotopic (exact) mass is 391 g/mol. The molecule has 2 aliphatic heterocycles. The number of para-hydroxylation sites is 2. The fourth-order valence-corrected chi connectivity index (χ4v) is 4.26. The minimum atomic E-state index is -0.303. The maximum atomic E-state index is 13.2. The maximum Gasteiger partial charge on any atom is 0.260 e. The van der Waals surface area contributed by atoms with Crippen LogP contribution in [-0.4, -0.2) is 47.4 Å². The summed E-state index contributed by atoms with van der Waals surface area (Å²) in [6.45, 7) is 1.65. The second-order valence-corrected chi connectivity index (χ2v) is 7.95. The van der Waals surface area contributed by atoms with Crippen molar-refractivity contribution in [2.45, 2.75) is 37.9 Å². The molecule has 3 aliphatic rings. The first-order chi connectivity index (χ1) is 14.2. The van der Waals surface area contributed by atoms with Crippen molar-refractivity contribution in [1.29, 1.82) is 0 Å². The van der Waals surface area contributed by atoms with Gasteiger partial charge in [0.15, 0.2) is 6.61 Å². The summed E-state index contributed by atoms with van der Waals surface area (Å²) in [7, 11) is 0. The standard InChI is InChI=1S/C23H25N3O3/c27-21(25-13-5-6-14-25)15-29-20-10-4-2-8-18(20)22-24-19-9-3-1-7-17(19)23(28)26(22)16-11-12-16/h1-4,7-10,16,22,24H,5-6,11-15H2/t22-/m1/s1. The van der Waals surface area contributed by atoms with Gasteiger partial charge in [0.25, 0.3) is 11.8 Å². The van der Waals surface area contributed by atoms with Gasteiger partial charge in [-0.25, -0.2) is 0 Å². The van der Waals surface area contributed by atoms with Crippen LogP contribution in [0.2, 0.25) is 0 Å². The third kappa shape index (κ3) is 3.43. The Morgan fingerprint density at radius 2 is 1.76 bits per heavy atom. The van der Waals surface area contributed by atoms with Gasteiger partial charge in [0, 0.05) is 30.4 Å². The number of nitrogens with one attached hydrogen (secondary N) is 1. The molecule has 2 amide bonds. The molecule has 1 aliphatic carbocycles. The Morgan fingerprint density at radius 1 is 1.03 bits per heavy atom. The van der Waals surface area contributed by atoms with Gasteiger partial charge >= 0.3 is 0 Å². The second kappa shape index (κ2) is 7.43. The highest BCUT2D eigenvalue weighted by Crippen LogP contribution is 2.42. The first-order valence-electron chi connectivity index (χ1n) is 10.4. The van der Waals surface area contributed by atoms with Gasteiger partial charge in [-0.2, -0.15) is 0 Å². The third-order valence-electron chi connectivity index (χ3n) is 5.93. The molecule has 1 saturated carbocycles. The molecule has 6 nitrogen and oxygen atoms in total. The first-order valence-corrected chi connectivity index (χ1v) is 10.4. The maximum absolute atomic E-state index is 13.2. The highest BCUT2D eigenvalue weighted by Gasteiger charge is 2.42. The zero-order chi connectivity index (χ0) is 19.8. The van der Waals surface area contributed by atoms with Crippen LogP contribution in [0.5, 0.6) is 5.75 Å². The number of amides is 2. The number of carbonyl (C=O) groups is 2. The topological polar surface area (TPSA) is 61.9 Å².